The minimum atomic E-state index is -3.58. The molecule has 0 saturated carbocycles. The highest BCUT2D eigenvalue weighted by Gasteiger charge is 2.33. The van der Waals surface area contributed by atoms with Gasteiger partial charge in [-0.2, -0.15) is 11.8 Å². The van der Waals surface area contributed by atoms with E-state index in [0.29, 0.717) is 0 Å². The fourth-order valence-electron chi connectivity index (χ4n) is 2.31. The Hall–Kier alpha value is -0.630. The molecule has 0 aromatic heterocycles. The van der Waals surface area contributed by atoms with E-state index in [1.54, 1.807) is 19.2 Å². The van der Waals surface area contributed by atoms with E-state index in [1.165, 1.54) is 12.1 Å². The average molecular weight is 333 g/mol. The van der Waals surface area contributed by atoms with Gasteiger partial charge in [-0.25, -0.2) is 17.5 Å². The van der Waals surface area contributed by atoms with Gasteiger partial charge in [-0.1, -0.05) is 18.2 Å². The summed E-state index contributed by atoms with van der Waals surface area (Å²) in [5.41, 5.74) is -0.260. The Morgan fingerprint density at radius 2 is 2.00 bits per heavy atom. The normalized spacial score (nSPS) is 18.6. The molecule has 0 radical (unpaired) electrons. The second-order valence-corrected chi connectivity index (χ2v) is 8.20. The second-order valence-electron chi connectivity index (χ2n) is 5.17. The number of halogens is 1. The highest BCUT2D eigenvalue weighted by atomic mass is 32.2. The van der Waals surface area contributed by atoms with Gasteiger partial charge >= 0.3 is 0 Å². The molecular weight excluding hydrogens is 313 g/mol. The van der Waals surface area contributed by atoms with Crippen LogP contribution >= 0.6 is 11.8 Å². The molecule has 0 spiro atoms. The van der Waals surface area contributed by atoms with E-state index in [2.05, 4.69) is 4.72 Å². The van der Waals surface area contributed by atoms with Crippen LogP contribution in [0.25, 0.3) is 0 Å². The summed E-state index contributed by atoms with van der Waals surface area (Å²) in [6, 6.07) is 5.92. The molecule has 1 N–H and O–H groups in total. The van der Waals surface area contributed by atoms with Gasteiger partial charge in [-0.15, -0.1) is 0 Å². The first-order valence-corrected chi connectivity index (χ1v) is 9.61. The third kappa shape index (κ3) is 4.67. The van der Waals surface area contributed by atoms with Crippen LogP contribution in [0.1, 0.15) is 18.4 Å². The van der Waals surface area contributed by atoms with Crippen LogP contribution in [0.5, 0.6) is 0 Å². The largest absolute Gasteiger partial charge is 0.377 e. The average Bonchev–Trinajstić information content (AvgIpc) is 2.49. The van der Waals surface area contributed by atoms with Gasteiger partial charge in [0.1, 0.15) is 5.82 Å². The van der Waals surface area contributed by atoms with Crippen LogP contribution in [0.2, 0.25) is 0 Å². The summed E-state index contributed by atoms with van der Waals surface area (Å²) < 4.78 is 45.9. The van der Waals surface area contributed by atoms with Crippen LogP contribution in [0, 0.1) is 5.82 Å². The Labute approximate surface area is 129 Å². The topological polar surface area (TPSA) is 55.4 Å². The van der Waals surface area contributed by atoms with Crippen molar-refractivity contribution in [1.29, 1.82) is 0 Å². The number of rotatable bonds is 6. The molecule has 7 heteroatoms. The van der Waals surface area contributed by atoms with Gasteiger partial charge in [0.2, 0.25) is 10.0 Å². The molecule has 0 atom stereocenters. The Morgan fingerprint density at radius 3 is 2.62 bits per heavy atom. The molecule has 0 bridgehead atoms. The van der Waals surface area contributed by atoms with Crippen molar-refractivity contribution in [3.63, 3.8) is 0 Å². The number of ether oxygens (including phenoxy) is 1. The lowest BCUT2D eigenvalue weighted by molar-refractivity contribution is -0.0119. The van der Waals surface area contributed by atoms with E-state index in [4.69, 9.17) is 4.74 Å². The summed E-state index contributed by atoms with van der Waals surface area (Å²) in [6.07, 6.45) is 1.63. The van der Waals surface area contributed by atoms with Crippen molar-refractivity contribution in [2.24, 2.45) is 0 Å². The van der Waals surface area contributed by atoms with Gasteiger partial charge < -0.3 is 4.74 Å². The van der Waals surface area contributed by atoms with E-state index in [-0.39, 0.29) is 17.9 Å². The van der Waals surface area contributed by atoms with Crippen molar-refractivity contribution in [2.75, 3.05) is 25.2 Å². The Morgan fingerprint density at radius 1 is 1.33 bits per heavy atom. The van der Waals surface area contributed by atoms with Crippen LogP contribution in [0.3, 0.4) is 0 Å². The molecular formula is C14H20FNO3S2. The van der Waals surface area contributed by atoms with Crippen molar-refractivity contribution < 1.29 is 17.5 Å². The number of hydrogen-bond acceptors (Lipinski definition) is 4. The Kier molecular flexibility index (Phi) is 5.65. The van der Waals surface area contributed by atoms with E-state index in [1.807, 2.05) is 11.8 Å². The summed E-state index contributed by atoms with van der Waals surface area (Å²) in [5.74, 6) is 1.07. The maximum Gasteiger partial charge on any atom is 0.215 e. The molecule has 1 aliphatic rings. The third-order valence-electron chi connectivity index (χ3n) is 3.75. The summed E-state index contributed by atoms with van der Waals surface area (Å²) in [7, 11) is -1.97. The van der Waals surface area contributed by atoms with E-state index >= 15 is 0 Å². The number of sulfonamides is 1. The Balaban J connectivity index is 1.99. The summed E-state index contributed by atoms with van der Waals surface area (Å²) >= 11 is 1.84. The zero-order chi connectivity index (χ0) is 15.3. The lowest BCUT2D eigenvalue weighted by Gasteiger charge is -2.35. The van der Waals surface area contributed by atoms with Gasteiger partial charge in [0.25, 0.3) is 0 Å². The van der Waals surface area contributed by atoms with Gasteiger partial charge in [0.05, 0.1) is 11.4 Å². The highest BCUT2D eigenvalue weighted by Crippen LogP contribution is 2.29. The van der Waals surface area contributed by atoms with Crippen molar-refractivity contribution >= 4 is 21.8 Å². The maximum absolute atomic E-state index is 13.5. The fourth-order valence-corrected chi connectivity index (χ4v) is 4.77. The van der Waals surface area contributed by atoms with E-state index < -0.39 is 21.4 Å². The molecule has 0 amide bonds. The van der Waals surface area contributed by atoms with Crippen molar-refractivity contribution in [3.05, 3.63) is 35.6 Å². The fraction of sp³-hybridized carbons (Fsp3) is 0.571. The van der Waals surface area contributed by atoms with Gasteiger partial charge in [-0.3, -0.25) is 0 Å². The summed E-state index contributed by atoms with van der Waals surface area (Å²) in [5, 5.41) is 0. The van der Waals surface area contributed by atoms with Gasteiger partial charge in [0, 0.05) is 19.2 Å². The zero-order valence-electron chi connectivity index (χ0n) is 12.0. The monoisotopic (exact) mass is 333 g/mol. The molecule has 0 unspecified atom stereocenters. The van der Waals surface area contributed by atoms with Crippen LogP contribution in [-0.4, -0.2) is 39.2 Å². The van der Waals surface area contributed by atoms with Crippen LogP contribution < -0.4 is 4.72 Å². The molecule has 1 heterocycles. The quantitative estimate of drug-likeness (QED) is 0.867. The van der Waals surface area contributed by atoms with Crippen LogP contribution in [0.4, 0.5) is 4.39 Å². The Bertz CT molecular complexity index is 571. The predicted molar refractivity (Wildman–Crippen MR) is 83.3 cm³/mol. The van der Waals surface area contributed by atoms with Gasteiger partial charge in [-0.05, 0) is 30.4 Å². The lowest BCUT2D eigenvalue weighted by Crippen LogP contribution is -2.47. The first kappa shape index (κ1) is 16.7. The highest BCUT2D eigenvalue weighted by molar-refractivity contribution is 7.99. The third-order valence-corrected chi connectivity index (χ3v) is 6.02. The molecule has 4 nitrogen and oxygen atoms in total. The number of hydrogen-bond donors (Lipinski definition) is 1. The van der Waals surface area contributed by atoms with E-state index in [9.17, 15) is 12.8 Å². The van der Waals surface area contributed by atoms with Crippen molar-refractivity contribution in [3.8, 4) is 0 Å². The molecule has 1 aromatic carbocycles. The summed E-state index contributed by atoms with van der Waals surface area (Å²) in [6.45, 7) is 0.237. The molecule has 1 fully saturated rings. The van der Waals surface area contributed by atoms with E-state index in [0.717, 1.165) is 24.3 Å². The minimum absolute atomic E-state index is 0.177. The molecule has 118 valence electrons. The van der Waals surface area contributed by atoms with Crippen LogP contribution in [-0.2, 0) is 20.5 Å². The van der Waals surface area contributed by atoms with Crippen LogP contribution in [0.15, 0.2) is 24.3 Å². The van der Waals surface area contributed by atoms with Crippen molar-refractivity contribution in [2.45, 2.75) is 24.2 Å². The maximum atomic E-state index is 13.5. The van der Waals surface area contributed by atoms with Crippen molar-refractivity contribution in [1.82, 2.24) is 4.72 Å². The summed E-state index contributed by atoms with van der Waals surface area (Å²) in [4.78, 5) is 0. The smallest absolute Gasteiger partial charge is 0.215 e. The predicted octanol–water partition coefficient (Wildman–Crippen LogP) is 2.16. The molecule has 1 aliphatic heterocycles. The molecule has 1 aromatic rings. The molecule has 21 heavy (non-hydrogen) atoms. The SMILES string of the molecule is COC1(CNS(=O)(=O)Cc2ccccc2F)CCSCC1. The first-order chi connectivity index (χ1) is 9.96. The standard InChI is InChI=1S/C14H20FNO3S2/c1-19-14(6-8-20-9-7-14)11-16-21(17,18)10-12-4-2-3-5-13(12)15/h2-5,16H,6-11H2,1H3. The molecule has 1 saturated heterocycles. The zero-order valence-corrected chi connectivity index (χ0v) is 13.6. The minimum Gasteiger partial charge on any atom is -0.377 e. The number of nitrogens with one attached hydrogen (secondary N) is 1. The first-order valence-electron chi connectivity index (χ1n) is 6.80. The number of benzene rings is 1. The second kappa shape index (κ2) is 7.09. The number of methoxy groups -OCH3 is 1. The number of thioether (sulfide) groups is 1. The molecule has 0 aliphatic carbocycles. The molecule has 2 rings (SSSR count). The van der Waals surface area contributed by atoms with Gasteiger partial charge in [0.15, 0.2) is 0 Å². The lowest BCUT2D eigenvalue weighted by atomic mass is 9.97.